The Morgan fingerprint density at radius 3 is 2.83 bits per heavy atom. The second-order valence-corrected chi connectivity index (χ2v) is 2.00. The van der Waals surface area contributed by atoms with Crippen LogP contribution in [0.2, 0.25) is 0 Å². The van der Waals surface area contributed by atoms with Crippen molar-refractivity contribution >= 4 is 13.9 Å². The maximum absolute atomic E-state index is 3.66. The van der Waals surface area contributed by atoms with Crippen LogP contribution >= 0.6 is 8.19 Å². The Labute approximate surface area is 38.3 Å². The molecule has 0 saturated heterocycles. The molecule has 0 aliphatic heterocycles. The monoisotopic (exact) mass is 99.0 g/mol. The first-order chi connectivity index (χ1) is 2.89. The fraction of sp³-hybridized carbons (Fsp3) is 0. The first-order valence-corrected chi connectivity index (χ1v) is 2.84. The first-order valence-electron chi connectivity index (χ1n) is 1.76. The molecule has 0 aromatic carbocycles. The molecule has 32 valence electrons. The van der Waals surface area contributed by atoms with E-state index in [1.54, 1.807) is 0 Å². The van der Waals surface area contributed by atoms with Crippen molar-refractivity contribution < 1.29 is 5.73 Å². The Morgan fingerprint density at radius 2 is 2.67 bits per heavy atom. The van der Waals surface area contributed by atoms with Gasteiger partial charge in [0.2, 0.25) is 0 Å². The van der Waals surface area contributed by atoms with E-state index >= 15 is 0 Å². The topological polar surface area (TPSA) is 27.6 Å². The van der Waals surface area contributed by atoms with E-state index in [2.05, 4.69) is 17.3 Å². The second-order valence-electron chi connectivity index (χ2n) is 1.13. The molecule has 1 atom stereocenters. The van der Waals surface area contributed by atoms with E-state index in [4.69, 9.17) is 0 Å². The lowest BCUT2D eigenvalue weighted by Gasteiger charge is -1.73. The molecule has 1 nitrogen and oxygen atoms in total. The van der Waals surface area contributed by atoms with Crippen molar-refractivity contribution in [1.29, 1.82) is 0 Å². The standard InChI is InChI=1S/C4H5NP/c5-4-1-2-6-3-4/h1-2,6H,5H2/q-1/p+1. The van der Waals surface area contributed by atoms with Crippen molar-refractivity contribution in [1.82, 2.24) is 0 Å². The van der Waals surface area contributed by atoms with Crippen molar-refractivity contribution in [2.45, 2.75) is 0 Å². The van der Waals surface area contributed by atoms with Crippen LogP contribution in [0.25, 0.3) is 0 Å². The molecular formula is C4H6NP. The number of hydrogen-bond donors (Lipinski definition) is 1. The number of hydrogen-bond acceptors (Lipinski definition) is 0. The highest BCUT2D eigenvalue weighted by atomic mass is 31.0. The summed E-state index contributed by atoms with van der Waals surface area (Å²) < 4.78 is 0. The Morgan fingerprint density at radius 1 is 1.83 bits per heavy atom. The maximum atomic E-state index is 3.66. The van der Waals surface area contributed by atoms with Crippen LogP contribution in [0.5, 0.6) is 0 Å². The van der Waals surface area contributed by atoms with Gasteiger partial charge in [0.25, 0.3) is 0 Å². The van der Waals surface area contributed by atoms with Crippen molar-refractivity contribution in [2.24, 2.45) is 0 Å². The van der Waals surface area contributed by atoms with Crippen molar-refractivity contribution in [3.63, 3.8) is 0 Å². The van der Waals surface area contributed by atoms with Gasteiger partial charge in [0.1, 0.15) is 0 Å². The van der Waals surface area contributed by atoms with Gasteiger partial charge in [0.15, 0.2) is 0 Å². The van der Waals surface area contributed by atoms with Gasteiger partial charge >= 0.3 is 0 Å². The molecule has 0 aliphatic rings. The zero-order valence-corrected chi connectivity index (χ0v) is 4.36. The van der Waals surface area contributed by atoms with Crippen LogP contribution in [-0.4, -0.2) is 0 Å². The van der Waals surface area contributed by atoms with E-state index in [0.29, 0.717) is 0 Å². The highest BCUT2D eigenvalue weighted by Gasteiger charge is 1.66. The highest BCUT2D eigenvalue weighted by molar-refractivity contribution is 7.28. The molecule has 1 rings (SSSR count). The molecule has 0 aliphatic carbocycles. The summed E-state index contributed by atoms with van der Waals surface area (Å²) in [5.74, 6) is 5.11. The zero-order chi connectivity index (χ0) is 4.41. The SMILES string of the molecule is [NH3+]c1[c-][pH]cc1. The lowest BCUT2D eigenvalue weighted by molar-refractivity contribution is -0.254. The molecular weight excluding hydrogens is 93.0 g/mol. The summed E-state index contributed by atoms with van der Waals surface area (Å²) in [6.07, 6.45) is 0. The molecule has 6 heavy (non-hydrogen) atoms. The van der Waals surface area contributed by atoms with Gasteiger partial charge in [-0.2, -0.15) is 11.9 Å². The largest absolute Gasteiger partial charge is 0.347 e. The van der Waals surface area contributed by atoms with Crippen LogP contribution < -0.4 is 5.73 Å². The van der Waals surface area contributed by atoms with Gasteiger partial charge in [-0.15, -0.1) is 0 Å². The van der Waals surface area contributed by atoms with Crippen LogP contribution in [-0.2, 0) is 0 Å². The fourth-order valence-corrected chi connectivity index (χ4v) is 0.955. The molecule has 0 spiro atoms. The van der Waals surface area contributed by atoms with Crippen LogP contribution in [0.15, 0.2) is 11.9 Å². The summed E-state index contributed by atoms with van der Waals surface area (Å²) in [7, 11) is 0.759. The third kappa shape index (κ3) is 0.618. The average molecular weight is 99.1 g/mol. The Bertz CT molecular complexity index is 111. The minimum atomic E-state index is 0.759. The molecule has 2 heteroatoms. The molecule has 3 N–H and O–H groups in total. The van der Waals surface area contributed by atoms with Crippen LogP contribution in [0.3, 0.4) is 0 Å². The summed E-state index contributed by atoms with van der Waals surface area (Å²) in [5, 5.41) is 0. The third-order valence-electron chi connectivity index (χ3n) is 0.601. The van der Waals surface area contributed by atoms with Gasteiger partial charge in [0.05, 0.1) is 0 Å². The minimum Gasteiger partial charge on any atom is -0.347 e. The lowest BCUT2D eigenvalue weighted by atomic mass is 10.6. The summed E-state index contributed by atoms with van der Waals surface area (Å²) in [5.41, 5.74) is 4.70. The van der Waals surface area contributed by atoms with Crippen LogP contribution in [0, 0.1) is 5.80 Å². The van der Waals surface area contributed by atoms with E-state index in [1.807, 2.05) is 6.07 Å². The molecule has 0 amide bonds. The molecule has 0 fully saturated rings. The van der Waals surface area contributed by atoms with Gasteiger partial charge in [-0.05, 0) is 0 Å². The van der Waals surface area contributed by atoms with E-state index in [9.17, 15) is 0 Å². The predicted molar refractivity (Wildman–Crippen MR) is 27.3 cm³/mol. The molecule has 0 bridgehead atoms. The Kier molecular flexibility index (Phi) is 0.952. The Hall–Kier alpha value is -0.260. The van der Waals surface area contributed by atoms with Crippen molar-refractivity contribution in [3.05, 3.63) is 17.7 Å². The average Bonchev–Trinajstić information content (AvgIpc) is 1.86. The van der Waals surface area contributed by atoms with Gasteiger partial charge in [-0.1, -0.05) is 5.80 Å². The van der Waals surface area contributed by atoms with E-state index < -0.39 is 0 Å². The lowest BCUT2D eigenvalue weighted by Crippen LogP contribution is -2.39. The van der Waals surface area contributed by atoms with E-state index in [-0.39, 0.29) is 0 Å². The molecule has 0 saturated carbocycles. The summed E-state index contributed by atoms with van der Waals surface area (Å²) in [6, 6.07) is 1.98. The highest BCUT2D eigenvalue weighted by Crippen LogP contribution is 2.07. The van der Waals surface area contributed by atoms with Gasteiger partial charge in [0, 0.05) is 5.69 Å². The quantitative estimate of drug-likeness (QED) is 0.456. The molecule has 1 aromatic heterocycles. The minimum absolute atomic E-state index is 0.759. The molecule has 1 unspecified atom stereocenters. The van der Waals surface area contributed by atoms with Gasteiger partial charge in [-0.3, -0.25) is 8.19 Å². The van der Waals surface area contributed by atoms with Crippen LogP contribution in [0.4, 0.5) is 5.69 Å². The smallest absolute Gasteiger partial charge is 0.00891 e. The second kappa shape index (κ2) is 1.46. The first kappa shape index (κ1) is 3.91. The van der Waals surface area contributed by atoms with Crippen molar-refractivity contribution in [2.75, 3.05) is 0 Å². The summed E-state index contributed by atoms with van der Waals surface area (Å²) in [6.45, 7) is 0. The molecule has 1 heterocycles. The summed E-state index contributed by atoms with van der Waals surface area (Å²) in [4.78, 5) is 0. The maximum Gasteiger partial charge on any atom is 0.00891 e. The zero-order valence-electron chi connectivity index (χ0n) is 3.36. The van der Waals surface area contributed by atoms with Gasteiger partial charge < -0.3 is 5.73 Å². The number of rotatable bonds is 0. The van der Waals surface area contributed by atoms with Crippen LogP contribution in [0.1, 0.15) is 0 Å². The Balaban J connectivity index is 3.05. The molecule has 1 aromatic rings. The third-order valence-corrected chi connectivity index (χ3v) is 1.40. The predicted octanol–water partition coefficient (Wildman–Crippen LogP) is 0.391. The fourth-order valence-electron chi connectivity index (χ4n) is 0.318. The van der Waals surface area contributed by atoms with E-state index in [1.165, 1.54) is 0 Å². The van der Waals surface area contributed by atoms with Crippen molar-refractivity contribution in [3.8, 4) is 0 Å². The normalized spacial score (nSPS) is 10.2. The molecule has 0 radical (unpaired) electrons. The number of quaternary nitrogens is 1. The summed E-state index contributed by atoms with van der Waals surface area (Å²) >= 11 is 0. The van der Waals surface area contributed by atoms with E-state index in [0.717, 1.165) is 13.9 Å². The van der Waals surface area contributed by atoms with Gasteiger partial charge in [-0.25, -0.2) is 0 Å².